The Kier molecular flexibility index (Phi) is 4.11. The number of hydrogen-bond acceptors (Lipinski definition) is 4. The average molecular weight is 237 g/mol. The molecule has 0 radical (unpaired) electrons. The monoisotopic (exact) mass is 237 g/mol. The van der Waals surface area contributed by atoms with Gasteiger partial charge in [-0.1, -0.05) is 0 Å². The SMILES string of the molecule is CC1CNC(C(=O)NCCn2cccn2)CN1. The molecule has 1 aliphatic heterocycles. The van der Waals surface area contributed by atoms with Crippen LogP contribution in [0.5, 0.6) is 0 Å². The largest absolute Gasteiger partial charge is 0.353 e. The molecule has 0 aromatic carbocycles. The van der Waals surface area contributed by atoms with Crippen LogP contribution < -0.4 is 16.0 Å². The fourth-order valence-corrected chi connectivity index (χ4v) is 1.82. The maximum Gasteiger partial charge on any atom is 0.238 e. The lowest BCUT2D eigenvalue weighted by Gasteiger charge is -2.28. The van der Waals surface area contributed by atoms with Crippen LogP contribution in [-0.4, -0.2) is 47.4 Å². The van der Waals surface area contributed by atoms with Gasteiger partial charge < -0.3 is 16.0 Å². The molecule has 2 unspecified atom stereocenters. The molecule has 2 heterocycles. The molecule has 17 heavy (non-hydrogen) atoms. The number of amides is 1. The van der Waals surface area contributed by atoms with E-state index in [0.29, 0.717) is 25.7 Å². The topological polar surface area (TPSA) is 71.0 Å². The predicted molar refractivity (Wildman–Crippen MR) is 64.5 cm³/mol. The van der Waals surface area contributed by atoms with E-state index in [-0.39, 0.29) is 11.9 Å². The number of nitrogens with zero attached hydrogens (tertiary/aromatic N) is 2. The summed E-state index contributed by atoms with van der Waals surface area (Å²) in [6.45, 7) is 4.92. The molecule has 1 amide bonds. The summed E-state index contributed by atoms with van der Waals surface area (Å²) in [5, 5.41) is 13.5. The maximum atomic E-state index is 11.8. The van der Waals surface area contributed by atoms with Gasteiger partial charge in [-0.3, -0.25) is 9.48 Å². The van der Waals surface area contributed by atoms with Crippen molar-refractivity contribution in [1.82, 2.24) is 25.7 Å². The summed E-state index contributed by atoms with van der Waals surface area (Å²) in [4.78, 5) is 11.8. The fourth-order valence-electron chi connectivity index (χ4n) is 1.82. The van der Waals surface area contributed by atoms with Crippen molar-refractivity contribution in [3.63, 3.8) is 0 Å². The molecule has 1 fully saturated rings. The Morgan fingerprint density at radius 1 is 1.53 bits per heavy atom. The first kappa shape index (κ1) is 12.1. The van der Waals surface area contributed by atoms with E-state index in [0.717, 1.165) is 6.54 Å². The number of aromatic nitrogens is 2. The van der Waals surface area contributed by atoms with Crippen LogP contribution in [0.15, 0.2) is 18.5 Å². The van der Waals surface area contributed by atoms with E-state index >= 15 is 0 Å². The van der Waals surface area contributed by atoms with Gasteiger partial charge in [0.25, 0.3) is 0 Å². The van der Waals surface area contributed by atoms with E-state index in [1.165, 1.54) is 0 Å². The smallest absolute Gasteiger partial charge is 0.238 e. The van der Waals surface area contributed by atoms with Gasteiger partial charge in [0.05, 0.1) is 12.6 Å². The van der Waals surface area contributed by atoms with Crippen molar-refractivity contribution in [3.05, 3.63) is 18.5 Å². The molecule has 6 heteroatoms. The highest BCUT2D eigenvalue weighted by Gasteiger charge is 2.22. The number of carbonyl (C=O) groups is 1. The van der Waals surface area contributed by atoms with Crippen molar-refractivity contribution in [2.45, 2.75) is 25.6 Å². The van der Waals surface area contributed by atoms with Gasteiger partial charge in [0.1, 0.15) is 0 Å². The summed E-state index contributed by atoms with van der Waals surface area (Å²) in [5.41, 5.74) is 0. The molecule has 2 rings (SSSR count). The number of carbonyl (C=O) groups excluding carboxylic acids is 1. The summed E-state index contributed by atoms with van der Waals surface area (Å²) in [6.07, 6.45) is 3.62. The molecule has 94 valence electrons. The maximum absolute atomic E-state index is 11.8. The summed E-state index contributed by atoms with van der Waals surface area (Å²) in [7, 11) is 0. The third-order valence-electron chi connectivity index (χ3n) is 2.86. The van der Waals surface area contributed by atoms with E-state index in [4.69, 9.17) is 0 Å². The van der Waals surface area contributed by atoms with E-state index in [2.05, 4.69) is 28.0 Å². The average Bonchev–Trinajstić information content (AvgIpc) is 2.83. The van der Waals surface area contributed by atoms with Crippen LogP contribution >= 0.6 is 0 Å². The van der Waals surface area contributed by atoms with Gasteiger partial charge in [0.15, 0.2) is 0 Å². The Labute approximate surface area is 101 Å². The molecule has 1 aliphatic rings. The third kappa shape index (κ3) is 3.54. The number of hydrogen-bond donors (Lipinski definition) is 3. The van der Waals surface area contributed by atoms with Gasteiger partial charge in [0, 0.05) is 38.1 Å². The van der Waals surface area contributed by atoms with Crippen molar-refractivity contribution in [1.29, 1.82) is 0 Å². The van der Waals surface area contributed by atoms with Gasteiger partial charge in [-0.15, -0.1) is 0 Å². The van der Waals surface area contributed by atoms with Crippen LogP contribution in [0.25, 0.3) is 0 Å². The minimum atomic E-state index is -0.121. The van der Waals surface area contributed by atoms with Gasteiger partial charge in [0.2, 0.25) is 5.91 Å². The molecule has 0 aliphatic carbocycles. The van der Waals surface area contributed by atoms with Gasteiger partial charge in [-0.05, 0) is 13.0 Å². The Hall–Kier alpha value is -1.40. The van der Waals surface area contributed by atoms with Crippen LogP contribution in [0.4, 0.5) is 0 Å². The second-order valence-corrected chi connectivity index (χ2v) is 4.33. The molecule has 1 saturated heterocycles. The predicted octanol–water partition coefficient (Wildman–Crippen LogP) is -1.05. The molecular weight excluding hydrogens is 218 g/mol. The number of piperazine rings is 1. The summed E-state index contributed by atoms with van der Waals surface area (Å²) < 4.78 is 1.80. The first-order valence-corrected chi connectivity index (χ1v) is 5.97. The Morgan fingerprint density at radius 2 is 2.41 bits per heavy atom. The number of rotatable bonds is 4. The second kappa shape index (κ2) is 5.79. The van der Waals surface area contributed by atoms with Crippen LogP contribution in [0.3, 0.4) is 0 Å². The molecule has 0 spiro atoms. The molecule has 0 bridgehead atoms. The highest BCUT2D eigenvalue weighted by molar-refractivity contribution is 5.82. The second-order valence-electron chi connectivity index (χ2n) is 4.33. The number of nitrogens with one attached hydrogen (secondary N) is 3. The Morgan fingerprint density at radius 3 is 3.06 bits per heavy atom. The van der Waals surface area contributed by atoms with Crippen molar-refractivity contribution >= 4 is 5.91 Å². The molecule has 1 aromatic rings. The molecule has 6 nitrogen and oxygen atoms in total. The zero-order chi connectivity index (χ0) is 12.1. The molecule has 1 aromatic heterocycles. The van der Waals surface area contributed by atoms with Crippen molar-refractivity contribution in [3.8, 4) is 0 Å². The van der Waals surface area contributed by atoms with Crippen molar-refractivity contribution in [2.24, 2.45) is 0 Å². The lowest BCUT2D eigenvalue weighted by Crippen LogP contribution is -2.59. The zero-order valence-electron chi connectivity index (χ0n) is 10.0. The normalized spacial score (nSPS) is 24.5. The zero-order valence-corrected chi connectivity index (χ0v) is 10.0. The minimum Gasteiger partial charge on any atom is -0.353 e. The molecule has 2 atom stereocenters. The third-order valence-corrected chi connectivity index (χ3v) is 2.86. The first-order valence-electron chi connectivity index (χ1n) is 5.97. The molecular formula is C11H19N5O. The standard InChI is InChI=1S/C11H19N5O/c1-9-7-14-10(8-13-9)11(17)12-4-6-16-5-2-3-15-16/h2-3,5,9-10,13-14H,4,6-8H2,1H3,(H,12,17). The lowest BCUT2D eigenvalue weighted by molar-refractivity contribution is -0.123. The van der Waals surface area contributed by atoms with Crippen molar-refractivity contribution in [2.75, 3.05) is 19.6 Å². The summed E-state index contributed by atoms with van der Waals surface area (Å²) in [5.74, 6) is 0.0524. The van der Waals surface area contributed by atoms with Gasteiger partial charge in [-0.2, -0.15) is 5.10 Å². The first-order chi connectivity index (χ1) is 8.25. The van der Waals surface area contributed by atoms with E-state index < -0.39 is 0 Å². The van der Waals surface area contributed by atoms with Crippen LogP contribution in [0, 0.1) is 0 Å². The summed E-state index contributed by atoms with van der Waals surface area (Å²) in [6, 6.07) is 2.18. The highest BCUT2D eigenvalue weighted by atomic mass is 16.2. The Bertz CT molecular complexity index is 343. The van der Waals surface area contributed by atoms with Gasteiger partial charge >= 0.3 is 0 Å². The molecule has 3 N–H and O–H groups in total. The summed E-state index contributed by atoms with van der Waals surface area (Å²) >= 11 is 0. The Balaban J connectivity index is 1.67. The minimum absolute atomic E-state index is 0.0524. The molecule has 0 saturated carbocycles. The van der Waals surface area contributed by atoms with Crippen LogP contribution in [-0.2, 0) is 11.3 Å². The van der Waals surface area contributed by atoms with Gasteiger partial charge in [-0.25, -0.2) is 0 Å². The fraction of sp³-hybridized carbons (Fsp3) is 0.636. The lowest BCUT2D eigenvalue weighted by atomic mass is 10.1. The van der Waals surface area contributed by atoms with E-state index in [9.17, 15) is 4.79 Å². The van der Waals surface area contributed by atoms with Crippen LogP contribution in [0.2, 0.25) is 0 Å². The van der Waals surface area contributed by atoms with Crippen molar-refractivity contribution < 1.29 is 4.79 Å². The van der Waals surface area contributed by atoms with Crippen LogP contribution in [0.1, 0.15) is 6.92 Å². The van der Waals surface area contributed by atoms with E-state index in [1.807, 2.05) is 12.3 Å². The highest BCUT2D eigenvalue weighted by Crippen LogP contribution is 1.93. The van der Waals surface area contributed by atoms with E-state index in [1.54, 1.807) is 10.9 Å². The quantitative estimate of drug-likeness (QED) is 0.625.